The molecule has 2 N–H and O–H groups in total. The van der Waals surface area contributed by atoms with E-state index >= 15 is 0 Å². The fourth-order valence-electron chi connectivity index (χ4n) is 2.28. The molecule has 5 heteroatoms. The van der Waals surface area contributed by atoms with Crippen molar-refractivity contribution in [2.45, 2.75) is 32.7 Å². The van der Waals surface area contributed by atoms with Gasteiger partial charge in [-0.3, -0.25) is 9.59 Å². The lowest BCUT2D eigenvalue weighted by atomic mass is 10.0. The largest absolute Gasteiger partial charge is 0.496 e. The fraction of sp³-hybridized carbons (Fsp3) is 0.500. The number of benzene rings is 1. The van der Waals surface area contributed by atoms with E-state index < -0.39 is 5.41 Å². The molecule has 1 aliphatic carbocycles. The second-order valence-electron chi connectivity index (χ2n) is 5.33. The summed E-state index contributed by atoms with van der Waals surface area (Å²) in [6.45, 7) is 2.97. The Balaban J connectivity index is 1.94. The lowest BCUT2D eigenvalue weighted by molar-refractivity contribution is -0.137. The smallest absolute Gasteiger partial charge is 0.235 e. The third kappa shape index (κ3) is 3.35. The molecule has 1 fully saturated rings. The van der Waals surface area contributed by atoms with Gasteiger partial charge < -0.3 is 15.4 Å². The lowest BCUT2D eigenvalue weighted by Crippen LogP contribution is -2.43. The zero-order valence-electron chi connectivity index (χ0n) is 12.6. The van der Waals surface area contributed by atoms with Gasteiger partial charge in [0.25, 0.3) is 0 Å². The molecule has 1 saturated carbocycles. The Labute approximate surface area is 125 Å². The number of carbonyl (C=O) groups is 2. The van der Waals surface area contributed by atoms with Crippen LogP contribution < -0.4 is 15.4 Å². The summed E-state index contributed by atoms with van der Waals surface area (Å²) < 4.78 is 5.25. The number of methoxy groups -OCH3 is 1. The van der Waals surface area contributed by atoms with Gasteiger partial charge >= 0.3 is 0 Å². The first-order valence-electron chi connectivity index (χ1n) is 7.32. The van der Waals surface area contributed by atoms with E-state index in [1.807, 2.05) is 31.2 Å². The molecule has 1 aliphatic rings. The molecule has 21 heavy (non-hydrogen) atoms. The Morgan fingerprint density at radius 3 is 2.48 bits per heavy atom. The van der Waals surface area contributed by atoms with E-state index in [0.717, 1.165) is 17.7 Å². The predicted octanol–water partition coefficient (Wildman–Crippen LogP) is 1.62. The molecular formula is C16H22N2O3. The first kappa shape index (κ1) is 15.4. The number of hydrogen-bond acceptors (Lipinski definition) is 3. The molecule has 0 atom stereocenters. The molecule has 0 bridgehead atoms. The van der Waals surface area contributed by atoms with Gasteiger partial charge in [-0.15, -0.1) is 0 Å². The summed E-state index contributed by atoms with van der Waals surface area (Å²) in [5, 5.41) is 5.67. The van der Waals surface area contributed by atoms with Crippen molar-refractivity contribution in [3.8, 4) is 5.75 Å². The average Bonchev–Trinajstić information content (AvgIpc) is 3.32. The van der Waals surface area contributed by atoms with E-state index in [9.17, 15) is 9.59 Å². The standard InChI is InChI=1S/C16H22N2O3/c1-3-10-17-14(19)16(8-9-16)15(20)18-11-12-6-4-5-7-13(12)21-2/h4-7H,3,8-11H2,1-2H3,(H,17,19)(H,18,20). The maximum Gasteiger partial charge on any atom is 0.235 e. The van der Waals surface area contributed by atoms with Crippen molar-refractivity contribution in [3.05, 3.63) is 29.8 Å². The van der Waals surface area contributed by atoms with Gasteiger partial charge in [0, 0.05) is 18.7 Å². The Hall–Kier alpha value is -2.04. The van der Waals surface area contributed by atoms with Crippen LogP contribution in [0.2, 0.25) is 0 Å². The molecule has 2 rings (SSSR count). The maximum absolute atomic E-state index is 12.3. The highest BCUT2D eigenvalue weighted by atomic mass is 16.5. The highest BCUT2D eigenvalue weighted by Crippen LogP contribution is 2.46. The third-order valence-corrected chi connectivity index (χ3v) is 3.79. The average molecular weight is 290 g/mol. The molecule has 0 heterocycles. The summed E-state index contributed by atoms with van der Waals surface area (Å²) in [4.78, 5) is 24.4. The minimum absolute atomic E-state index is 0.151. The maximum atomic E-state index is 12.3. The van der Waals surface area contributed by atoms with Crippen molar-refractivity contribution in [1.82, 2.24) is 10.6 Å². The molecule has 0 unspecified atom stereocenters. The number of para-hydroxylation sites is 1. The van der Waals surface area contributed by atoms with Crippen LogP contribution in [-0.4, -0.2) is 25.5 Å². The Morgan fingerprint density at radius 1 is 1.19 bits per heavy atom. The second-order valence-corrected chi connectivity index (χ2v) is 5.33. The van der Waals surface area contributed by atoms with Crippen LogP contribution in [-0.2, 0) is 16.1 Å². The van der Waals surface area contributed by atoms with Gasteiger partial charge in [-0.1, -0.05) is 25.1 Å². The summed E-state index contributed by atoms with van der Waals surface area (Å²) in [5.74, 6) is 0.391. The molecule has 2 amide bonds. The van der Waals surface area contributed by atoms with Crippen molar-refractivity contribution in [2.24, 2.45) is 5.41 Å². The van der Waals surface area contributed by atoms with E-state index in [1.165, 1.54) is 0 Å². The van der Waals surface area contributed by atoms with Gasteiger partial charge in [0.05, 0.1) is 7.11 Å². The van der Waals surface area contributed by atoms with Crippen LogP contribution in [0.1, 0.15) is 31.7 Å². The molecule has 0 saturated heterocycles. The topological polar surface area (TPSA) is 67.4 Å². The molecule has 5 nitrogen and oxygen atoms in total. The Morgan fingerprint density at radius 2 is 1.86 bits per heavy atom. The number of nitrogens with one attached hydrogen (secondary N) is 2. The van der Waals surface area contributed by atoms with E-state index in [2.05, 4.69) is 10.6 Å². The first-order chi connectivity index (χ1) is 10.1. The monoisotopic (exact) mass is 290 g/mol. The van der Waals surface area contributed by atoms with Crippen molar-refractivity contribution >= 4 is 11.8 Å². The predicted molar refractivity (Wildman–Crippen MR) is 79.8 cm³/mol. The minimum Gasteiger partial charge on any atom is -0.496 e. The number of carbonyl (C=O) groups excluding carboxylic acids is 2. The van der Waals surface area contributed by atoms with Crippen LogP contribution in [0.25, 0.3) is 0 Å². The van der Waals surface area contributed by atoms with Crippen LogP contribution in [0, 0.1) is 5.41 Å². The zero-order valence-corrected chi connectivity index (χ0v) is 12.6. The normalized spacial score (nSPS) is 15.1. The summed E-state index contributed by atoms with van der Waals surface area (Å²) in [6, 6.07) is 7.52. The molecule has 1 aromatic carbocycles. The van der Waals surface area contributed by atoms with Crippen LogP contribution in [0.5, 0.6) is 5.75 Å². The molecule has 0 aromatic heterocycles. The second kappa shape index (κ2) is 6.61. The SMILES string of the molecule is CCCNC(=O)C1(C(=O)NCc2ccccc2OC)CC1. The highest BCUT2D eigenvalue weighted by Gasteiger charge is 2.56. The summed E-state index contributed by atoms with van der Waals surface area (Å²) >= 11 is 0. The van der Waals surface area contributed by atoms with Gasteiger partial charge in [-0.2, -0.15) is 0 Å². The van der Waals surface area contributed by atoms with Gasteiger partial charge in [-0.05, 0) is 25.3 Å². The quantitative estimate of drug-likeness (QED) is 0.750. The lowest BCUT2D eigenvalue weighted by Gasteiger charge is -2.16. The van der Waals surface area contributed by atoms with E-state index in [-0.39, 0.29) is 11.8 Å². The molecule has 114 valence electrons. The fourth-order valence-corrected chi connectivity index (χ4v) is 2.28. The number of rotatable bonds is 7. The molecule has 0 aliphatic heterocycles. The van der Waals surface area contributed by atoms with Crippen molar-refractivity contribution < 1.29 is 14.3 Å². The highest BCUT2D eigenvalue weighted by molar-refractivity contribution is 6.07. The van der Waals surface area contributed by atoms with E-state index in [4.69, 9.17) is 4.74 Å². The van der Waals surface area contributed by atoms with E-state index in [1.54, 1.807) is 7.11 Å². The van der Waals surface area contributed by atoms with Crippen LogP contribution >= 0.6 is 0 Å². The Bertz CT molecular complexity index is 524. The van der Waals surface area contributed by atoms with E-state index in [0.29, 0.717) is 25.9 Å². The number of amides is 2. The molecule has 0 spiro atoms. The number of hydrogen-bond donors (Lipinski definition) is 2. The molecular weight excluding hydrogens is 268 g/mol. The van der Waals surface area contributed by atoms with Crippen molar-refractivity contribution in [3.63, 3.8) is 0 Å². The van der Waals surface area contributed by atoms with Crippen LogP contribution in [0.3, 0.4) is 0 Å². The summed E-state index contributed by atoms with van der Waals surface area (Å²) in [7, 11) is 1.60. The summed E-state index contributed by atoms with van der Waals surface area (Å²) in [5.41, 5.74) is 0.0510. The first-order valence-corrected chi connectivity index (χ1v) is 7.32. The summed E-state index contributed by atoms with van der Waals surface area (Å²) in [6.07, 6.45) is 2.12. The van der Waals surface area contributed by atoms with Gasteiger partial charge in [-0.25, -0.2) is 0 Å². The van der Waals surface area contributed by atoms with Crippen LogP contribution in [0.4, 0.5) is 0 Å². The third-order valence-electron chi connectivity index (χ3n) is 3.79. The van der Waals surface area contributed by atoms with Crippen molar-refractivity contribution in [1.29, 1.82) is 0 Å². The zero-order chi connectivity index (χ0) is 15.3. The van der Waals surface area contributed by atoms with Gasteiger partial charge in [0.15, 0.2) is 0 Å². The minimum atomic E-state index is -0.850. The van der Waals surface area contributed by atoms with Crippen molar-refractivity contribution in [2.75, 3.05) is 13.7 Å². The van der Waals surface area contributed by atoms with Crippen LogP contribution in [0.15, 0.2) is 24.3 Å². The van der Waals surface area contributed by atoms with Gasteiger partial charge in [0.2, 0.25) is 11.8 Å². The van der Waals surface area contributed by atoms with Gasteiger partial charge in [0.1, 0.15) is 11.2 Å². The molecule has 1 aromatic rings. The Kier molecular flexibility index (Phi) is 4.83. The number of ether oxygens (including phenoxy) is 1. The molecule has 0 radical (unpaired) electrons.